The number of hydrogen-bond donors (Lipinski definition) is 0. The Kier molecular flexibility index (Phi) is 5.00. The first-order chi connectivity index (χ1) is 12.0. The Morgan fingerprint density at radius 3 is 2.80 bits per heavy atom. The molecule has 0 saturated carbocycles. The Labute approximate surface area is 152 Å². The highest BCUT2D eigenvalue weighted by molar-refractivity contribution is 8.00. The Balaban J connectivity index is 1.83. The number of non-ortho nitro benzene ring substituents is 1. The SMILES string of the molecule is COc1ccc(C(C)=O)cc1CSc1nc2ccc([N+](=O)[O-])cc2s1. The summed E-state index contributed by atoms with van der Waals surface area (Å²) >= 11 is 2.92. The van der Waals surface area contributed by atoms with Crippen molar-refractivity contribution in [1.82, 2.24) is 4.98 Å². The van der Waals surface area contributed by atoms with Crippen LogP contribution in [-0.4, -0.2) is 22.8 Å². The molecule has 0 amide bonds. The number of thiazole rings is 1. The van der Waals surface area contributed by atoms with Crippen LogP contribution in [-0.2, 0) is 5.75 Å². The maximum Gasteiger partial charge on any atom is 0.270 e. The van der Waals surface area contributed by atoms with Crippen molar-refractivity contribution in [2.45, 2.75) is 17.0 Å². The van der Waals surface area contributed by atoms with E-state index in [0.717, 1.165) is 20.1 Å². The number of methoxy groups -OCH3 is 1. The van der Waals surface area contributed by atoms with Crippen LogP contribution in [0.1, 0.15) is 22.8 Å². The first kappa shape index (κ1) is 17.4. The van der Waals surface area contributed by atoms with E-state index in [2.05, 4.69) is 4.98 Å². The van der Waals surface area contributed by atoms with E-state index in [9.17, 15) is 14.9 Å². The maximum atomic E-state index is 11.6. The molecule has 3 rings (SSSR count). The minimum Gasteiger partial charge on any atom is -0.496 e. The molecule has 6 nitrogen and oxygen atoms in total. The third-order valence-corrected chi connectivity index (χ3v) is 5.81. The lowest BCUT2D eigenvalue weighted by Gasteiger charge is -2.08. The monoisotopic (exact) mass is 374 g/mol. The van der Waals surface area contributed by atoms with Crippen molar-refractivity contribution in [1.29, 1.82) is 0 Å². The molecule has 128 valence electrons. The normalized spacial score (nSPS) is 10.8. The van der Waals surface area contributed by atoms with Gasteiger partial charge in [0.2, 0.25) is 0 Å². The number of hydrogen-bond acceptors (Lipinski definition) is 7. The number of nitrogens with zero attached hydrogens (tertiary/aromatic N) is 2. The highest BCUT2D eigenvalue weighted by Crippen LogP contribution is 2.35. The topological polar surface area (TPSA) is 82.3 Å². The van der Waals surface area contributed by atoms with Crippen LogP contribution in [0, 0.1) is 10.1 Å². The number of carbonyl (C=O) groups is 1. The molecule has 1 heterocycles. The molecule has 1 aromatic heterocycles. The summed E-state index contributed by atoms with van der Waals surface area (Å²) in [4.78, 5) is 26.5. The van der Waals surface area contributed by atoms with Crippen LogP contribution in [0.5, 0.6) is 5.75 Å². The molecule has 0 aliphatic heterocycles. The number of nitro groups is 1. The van der Waals surface area contributed by atoms with Gasteiger partial charge in [-0.25, -0.2) is 4.98 Å². The number of ketones is 1. The van der Waals surface area contributed by atoms with Crippen LogP contribution in [0.15, 0.2) is 40.7 Å². The molecule has 3 aromatic rings. The largest absolute Gasteiger partial charge is 0.496 e. The zero-order valence-corrected chi connectivity index (χ0v) is 15.1. The molecule has 8 heteroatoms. The zero-order chi connectivity index (χ0) is 18.0. The molecule has 0 atom stereocenters. The fourth-order valence-electron chi connectivity index (χ4n) is 2.32. The van der Waals surface area contributed by atoms with Gasteiger partial charge >= 0.3 is 0 Å². The molecule has 0 aliphatic carbocycles. The Morgan fingerprint density at radius 2 is 2.12 bits per heavy atom. The minimum absolute atomic E-state index is 0.00111. The maximum absolute atomic E-state index is 11.6. The fourth-order valence-corrected chi connectivity index (χ4v) is 4.40. The van der Waals surface area contributed by atoms with Crippen molar-refractivity contribution in [3.63, 3.8) is 0 Å². The van der Waals surface area contributed by atoms with Gasteiger partial charge in [0.05, 0.1) is 22.2 Å². The number of rotatable bonds is 6. The average Bonchev–Trinajstić information content (AvgIpc) is 3.01. The Morgan fingerprint density at radius 1 is 1.32 bits per heavy atom. The predicted octanol–water partition coefficient (Wildman–Crippen LogP) is 4.71. The molecule has 0 spiro atoms. The summed E-state index contributed by atoms with van der Waals surface area (Å²) in [5, 5.41) is 10.9. The van der Waals surface area contributed by atoms with E-state index in [0.29, 0.717) is 17.1 Å². The molecule has 0 N–H and O–H groups in total. The molecule has 0 radical (unpaired) electrons. The van der Waals surface area contributed by atoms with E-state index >= 15 is 0 Å². The molecule has 25 heavy (non-hydrogen) atoms. The number of aromatic nitrogens is 1. The summed E-state index contributed by atoms with van der Waals surface area (Å²) in [6, 6.07) is 10.0. The van der Waals surface area contributed by atoms with Crippen LogP contribution in [0.3, 0.4) is 0 Å². The minimum atomic E-state index is -0.413. The average molecular weight is 374 g/mol. The van der Waals surface area contributed by atoms with E-state index in [1.54, 1.807) is 25.3 Å². The summed E-state index contributed by atoms with van der Waals surface area (Å²) < 4.78 is 6.94. The van der Waals surface area contributed by atoms with Gasteiger partial charge in [-0.2, -0.15) is 0 Å². The molecular weight excluding hydrogens is 360 g/mol. The van der Waals surface area contributed by atoms with Crippen LogP contribution in [0.25, 0.3) is 10.2 Å². The first-order valence-corrected chi connectivity index (χ1v) is 9.14. The Bertz CT molecular complexity index is 968. The van der Waals surface area contributed by atoms with Gasteiger partial charge in [0.15, 0.2) is 10.1 Å². The summed E-state index contributed by atoms with van der Waals surface area (Å²) in [6.07, 6.45) is 0. The number of fused-ring (bicyclic) bond motifs is 1. The second-order valence-electron chi connectivity index (χ2n) is 5.26. The van der Waals surface area contributed by atoms with Crippen LogP contribution in [0.2, 0.25) is 0 Å². The van der Waals surface area contributed by atoms with Crippen molar-refractivity contribution in [2.75, 3.05) is 7.11 Å². The van der Waals surface area contributed by atoms with E-state index in [1.165, 1.54) is 42.2 Å². The van der Waals surface area contributed by atoms with Gasteiger partial charge in [-0.3, -0.25) is 14.9 Å². The summed E-state index contributed by atoms with van der Waals surface area (Å²) in [7, 11) is 1.59. The third kappa shape index (κ3) is 3.80. The van der Waals surface area contributed by atoms with E-state index in [4.69, 9.17) is 4.74 Å². The van der Waals surface area contributed by atoms with Crippen LogP contribution in [0.4, 0.5) is 5.69 Å². The van der Waals surface area contributed by atoms with E-state index in [-0.39, 0.29) is 11.5 Å². The first-order valence-electron chi connectivity index (χ1n) is 7.33. The number of benzene rings is 2. The smallest absolute Gasteiger partial charge is 0.270 e. The van der Waals surface area contributed by atoms with Gasteiger partial charge in [0, 0.05) is 29.0 Å². The predicted molar refractivity (Wildman–Crippen MR) is 98.8 cm³/mol. The molecule has 2 aromatic carbocycles. The second kappa shape index (κ2) is 7.20. The van der Waals surface area contributed by atoms with Crippen molar-refractivity contribution in [2.24, 2.45) is 0 Å². The fraction of sp³-hybridized carbons (Fsp3) is 0.176. The summed E-state index contributed by atoms with van der Waals surface area (Å²) in [6.45, 7) is 1.53. The lowest BCUT2D eigenvalue weighted by Crippen LogP contribution is -1.96. The zero-order valence-electron chi connectivity index (χ0n) is 13.5. The highest BCUT2D eigenvalue weighted by atomic mass is 32.2. The molecule has 0 fully saturated rings. The van der Waals surface area contributed by atoms with Crippen molar-refractivity contribution in [3.05, 3.63) is 57.6 Å². The molecule has 0 aliphatic rings. The Hall–Kier alpha value is -2.45. The second-order valence-corrected chi connectivity index (χ2v) is 7.51. The van der Waals surface area contributed by atoms with Gasteiger partial charge in [-0.15, -0.1) is 11.3 Å². The summed E-state index contributed by atoms with van der Waals surface area (Å²) in [5.41, 5.74) is 2.34. The van der Waals surface area contributed by atoms with E-state index < -0.39 is 4.92 Å². The van der Waals surface area contributed by atoms with Crippen LogP contribution >= 0.6 is 23.1 Å². The lowest BCUT2D eigenvalue weighted by atomic mass is 10.1. The van der Waals surface area contributed by atoms with Gasteiger partial charge in [0.1, 0.15) is 5.75 Å². The van der Waals surface area contributed by atoms with Crippen molar-refractivity contribution in [3.8, 4) is 5.75 Å². The molecule has 0 bridgehead atoms. The van der Waals surface area contributed by atoms with Gasteiger partial charge in [0.25, 0.3) is 5.69 Å². The van der Waals surface area contributed by atoms with Crippen LogP contribution < -0.4 is 4.74 Å². The number of thioether (sulfide) groups is 1. The number of nitro benzene ring substituents is 1. The molecular formula is C17H14N2O4S2. The van der Waals surface area contributed by atoms with Crippen molar-refractivity contribution < 1.29 is 14.5 Å². The number of ether oxygens (including phenoxy) is 1. The van der Waals surface area contributed by atoms with Gasteiger partial charge in [-0.1, -0.05) is 11.8 Å². The molecule has 0 unspecified atom stereocenters. The third-order valence-electron chi connectivity index (χ3n) is 3.60. The number of carbonyl (C=O) groups excluding carboxylic acids is 1. The molecule has 0 saturated heterocycles. The van der Waals surface area contributed by atoms with Gasteiger partial charge < -0.3 is 4.74 Å². The standard InChI is InChI=1S/C17H14N2O4S2/c1-10(20)11-3-6-15(23-2)12(7-11)9-24-17-18-14-5-4-13(19(21)22)8-16(14)25-17/h3-8H,9H2,1-2H3. The lowest BCUT2D eigenvalue weighted by molar-refractivity contribution is -0.384. The summed E-state index contributed by atoms with van der Waals surface area (Å²) in [5.74, 6) is 1.31. The van der Waals surface area contributed by atoms with Gasteiger partial charge in [-0.05, 0) is 31.2 Å². The van der Waals surface area contributed by atoms with E-state index in [1.807, 2.05) is 6.07 Å². The highest BCUT2D eigenvalue weighted by Gasteiger charge is 2.12. The quantitative estimate of drug-likeness (QED) is 0.269. The number of Topliss-reactive ketones (excluding diaryl/α,β-unsaturated/α-hetero) is 1. The van der Waals surface area contributed by atoms with Crippen molar-refractivity contribution >= 4 is 44.8 Å².